The van der Waals surface area contributed by atoms with Gasteiger partial charge in [0.2, 0.25) is 11.7 Å². The van der Waals surface area contributed by atoms with E-state index in [4.69, 9.17) is 19.2 Å². The smallest absolute Gasteiger partial charge is 0.475 e. The topological polar surface area (TPSA) is 88.7 Å². The summed E-state index contributed by atoms with van der Waals surface area (Å²) in [4.78, 5) is 15.7. The highest BCUT2D eigenvalue weighted by atomic mass is 32.1. The molecule has 1 fully saturated rings. The minimum atomic E-state index is -5.08. The van der Waals surface area contributed by atoms with Crippen molar-refractivity contribution in [1.29, 1.82) is 0 Å². The van der Waals surface area contributed by atoms with Crippen LogP contribution in [0.4, 0.5) is 13.2 Å². The second kappa shape index (κ2) is 8.92. The van der Waals surface area contributed by atoms with Crippen LogP contribution >= 0.6 is 11.3 Å². The van der Waals surface area contributed by atoms with Crippen LogP contribution in [0.25, 0.3) is 11.4 Å². The quantitative estimate of drug-likeness (QED) is 0.872. The molecule has 1 aliphatic heterocycles. The first-order valence-electron chi connectivity index (χ1n) is 7.31. The van der Waals surface area contributed by atoms with Gasteiger partial charge >= 0.3 is 12.1 Å². The third-order valence-electron chi connectivity index (χ3n) is 3.24. The van der Waals surface area contributed by atoms with E-state index in [1.165, 1.54) is 0 Å². The number of hydrogen-bond acceptors (Lipinski definition) is 7. The number of ether oxygens (including phenoxy) is 1. The maximum atomic E-state index is 10.6. The van der Waals surface area contributed by atoms with Crippen LogP contribution in [0.15, 0.2) is 21.3 Å². The van der Waals surface area contributed by atoms with Gasteiger partial charge in [0.1, 0.15) is 0 Å². The Bertz CT molecular complexity index is 655. The lowest BCUT2D eigenvalue weighted by Crippen LogP contribution is -2.37. The van der Waals surface area contributed by atoms with Crippen LogP contribution in [-0.4, -0.2) is 65.1 Å². The molecule has 0 unspecified atom stereocenters. The van der Waals surface area contributed by atoms with Crippen molar-refractivity contribution in [1.82, 2.24) is 15.0 Å². The van der Waals surface area contributed by atoms with Gasteiger partial charge in [0, 0.05) is 37.0 Å². The van der Waals surface area contributed by atoms with Gasteiger partial charge in [0.15, 0.2) is 0 Å². The maximum absolute atomic E-state index is 10.6. The van der Waals surface area contributed by atoms with E-state index in [9.17, 15) is 13.2 Å². The SMILES string of the molecule is O=C(O)C(F)(F)F.c1cc(-c2noc(CCN3CCOCC3)n2)cs1. The van der Waals surface area contributed by atoms with Crippen LogP contribution in [0.3, 0.4) is 0 Å². The fourth-order valence-electron chi connectivity index (χ4n) is 1.94. The molecule has 0 aliphatic carbocycles. The minimum absolute atomic E-state index is 0.688. The number of aromatic nitrogens is 2. The summed E-state index contributed by atoms with van der Waals surface area (Å²) < 4.78 is 42.3. The van der Waals surface area contributed by atoms with Crippen LogP contribution in [0, 0.1) is 0 Å². The highest BCUT2D eigenvalue weighted by Crippen LogP contribution is 2.18. The molecule has 0 amide bonds. The van der Waals surface area contributed by atoms with Gasteiger partial charge in [-0.1, -0.05) is 5.16 Å². The average molecular weight is 379 g/mol. The molecule has 0 atom stereocenters. The van der Waals surface area contributed by atoms with Crippen LogP contribution < -0.4 is 0 Å². The third kappa shape index (κ3) is 6.44. The number of carboxylic acid groups (broad SMARTS) is 1. The number of carboxylic acids is 1. The van der Waals surface area contributed by atoms with Gasteiger partial charge in [-0.25, -0.2) is 4.79 Å². The summed E-state index contributed by atoms with van der Waals surface area (Å²) in [6.45, 7) is 4.58. The molecule has 11 heteroatoms. The molecule has 0 bridgehead atoms. The molecule has 1 saturated heterocycles. The van der Waals surface area contributed by atoms with Gasteiger partial charge in [0.25, 0.3) is 0 Å². The number of halogens is 3. The number of aliphatic carboxylic acids is 1. The number of morpholine rings is 1. The van der Waals surface area contributed by atoms with Gasteiger partial charge in [0.05, 0.1) is 13.2 Å². The zero-order chi connectivity index (χ0) is 18.3. The lowest BCUT2D eigenvalue weighted by molar-refractivity contribution is -0.192. The molecule has 0 aromatic carbocycles. The molecule has 1 N–H and O–H groups in total. The third-order valence-corrected chi connectivity index (χ3v) is 3.92. The zero-order valence-electron chi connectivity index (χ0n) is 13.0. The Morgan fingerprint density at radius 1 is 1.36 bits per heavy atom. The summed E-state index contributed by atoms with van der Waals surface area (Å²) in [6.07, 6.45) is -4.28. The summed E-state index contributed by atoms with van der Waals surface area (Å²) in [6, 6.07) is 2.00. The van der Waals surface area contributed by atoms with Crippen molar-refractivity contribution in [3.8, 4) is 11.4 Å². The first-order valence-corrected chi connectivity index (χ1v) is 8.26. The number of hydrogen-bond donors (Lipinski definition) is 1. The minimum Gasteiger partial charge on any atom is -0.475 e. The van der Waals surface area contributed by atoms with Crippen molar-refractivity contribution in [3.05, 3.63) is 22.7 Å². The van der Waals surface area contributed by atoms with E-state index in [0.717, 1.165) is 44.8 Å². The molecule has 3 heterocycles. The van der Waals surface area contributed by atoms with Crippen LogP contribution in [-0.2, 0) is 16.0 Å². The van der Waals surface area contributed by atoms with Crippen molar-refractivity contribution < 1.29 is 32.3 Å². The zero-order valence-corrected chi connectivity index (χ0v) is 13.8. The second-order valence-corrected chi connectivity index (χ2v) is 5.81. The van der Waals surface area contributed by atoms with Crippen LogP contribution in [0.5, 0.6) is 0 Å². The fraction of sp³-hybridized carbons (Fsp3) is 0.500. The van der Waals surface area contributed by atoms with Crippen molar-refractivity contribution >= 4 is 17.3 Å². The number of alkyl halides is 3. The van der Waals surface area contributed by atoms with E-state index < -0.39 is 12.1 Å². The van der Waals surface area contributed by atoms with Gasteiger partial charge in [-0.15, -0.1) is 0 Å². The average Bonchev–Trinajstić information content (AvgIpc) is 3.25. The number of rotatable bonds is 4. The number of carbonyl (C=O) groups is 1. The summed E-state index contributed by atoms with van der Waals surface area (Å²) >= 11 is 1.64. The van der Waals surface area contributed by atoms with Crippen molar-refractivity contribution in [2.75, 3.05) is 32.8 Å². The highest BCUT2D eigenvalue weighted by Gasteiger charge is 2.38. The van der Waals surface area contributed by atoms with Crippen LogP contribution in [0.1, 0.15) is 5.89 Å². The molecule has 2 aromatic heterocycles. The maximum Gasteiger partial charge on any atom is 0.490 e. The molecule has 0 spiro atoms. The molecular weight excluding hydrogens is 363 g/mol. The molecule has 138 valence electrons. The predicted molar refractivity (Wildman–Crippen MR) is 82.3 cm³/mol. The lowest BCUT2D eigenvalue weighted by atomic mass is 10.3. The first kappa shape index (κ1) is 19.3. The van der Waals surface area contributed by atoms with E-state index in [2.05, 4.69) is 15.0 Å². The van der Waals surface area contributed by atoms with Crippen molar-refractivity contribution in [2.45, 2.75) is 12.6 Å². The molecule has 0 saturated carbocycles. The summed E-state index contributed by atoms with van der Waals surface area (Å²) in [5.41, 5.74) is 1.03. The van der Waals surface area contributed by atoms with Gasteiger partial charge in [-0.05, 0) is 11.4 Å². The fourth-order valence-corrected chi connectivity index (χ4v) is 2.58. The predicted octanol–water partition coefficient (Wildman–Crippen LogP) is 2.31. The Labute approximate surface area is 145 Å². The number of nitrogens with zero attached hydrogens (tertiary/aromatic N) is 3. The van der Waals surface area contributed by atoms with E-state index in [0.29, 0.717) is 11.7 Å². The second-order valence-electron chi connectivity index (χ2n) is 5.03. The van der Waals surface area contributed by atoms with Gasteiger partial charge < -0.3 is 14.4 Å². The molecule has 3 rings (SSSR count). The van der Waals surface area contributed by atoms with E-state index in [1.807, 2.05) is 16.8 Å². The Kier molecular flexibility index (Phi) is 6.91. The molecular formula is C14H16F3N3O4S. The highest BCUT2D eigenvalue weighted by molar-refractivity contribution is 7.08. The largest absolute Gasteiger partial charge is 0.490 e. The van der Waals surface area contributed by atoms with E-state index in [1.54, 1.807) is 11.3 Å². The Hall–Kier alpha value is -1.98. The molecule has 7 nitrogen and oxygen atoms in total. The van der Waals surface area contributed by atoms with Gasteiger partial charge in [-0.3, -0.25) is 4.90 Å². The number of thiophene rings is 1. The Morgan fingerprint density at radius 3 is 2.60 bits per heavy atom. The lowest BCUT2D eigenvalue weighted by Gasteiger charge is -2.25. The molecule has 2 aromatic rings. The molecule has 25 heavy (non-hydrogen) atoms. The standard InChI is InChI=1S/C12H15N3O2S.C2HF3O2/c1(3-15-4-6-16-7-5-15)11-13-12(14-17-11)10-2-8-18-9-10;3-2(4,5)1(6)7/h2,8-9H,1,3-7H2;(H,6,7). The van der Waals surface area contributed by atoms with E-state index in [-0.39, 0.29) is 0 Å². The summed E-state index contributed by atoms with van der Waals surface area (Å²) in [5.74, 6) is -1.36. The Balaban J connectivity index is 0.000000277. The molecule has 1 aliphatic rings. The molecule has 0 radical (unpaired) electrons. The monoisotopic (exact) mass is 379 g/mol. The summed E-state index contributed by atoms with van der Waals surface area (Å²) in [7, 11) is 0. The normalized spacial score (nSPS) is 15.5. The van der Waals surface area contributed by atoms with Crippen LogP contribution in [0.2, 0.25) is 0 Å². The van der Waals surface area contributed by atoms with Gasteiger partial charge in [-0.2, -0.15) is 29.5 Å². The van der Waals surface area contributed by atoms with Crippen molar-refractivity contribution in [3.63, 3.8) is 0 Å². The first-order chi connectivity index (χ1) is 11.9. The van der Waals surface area contributed by atoms with Crippen molar-refractivity contribution in [2.24, 2.45) is 0 Å². The summed E-state index contributed by atoms with van der Waals surface area (Å²) in [5, 5.41) is 15.2. The Morgan fingerprint density at radius 2 is 2.04 bits per heavy atom. The van der Waals surface area contributed by atoms with E-state index >= 15 is 0 Å².